The number of benzene rings is 1. The van der Waals surface area contributed by atoms with Gasteiger partial charge in [-0.05, 0) is 31.4 Å². The maximum Gasteiger partial charge on any atom is 0.121 e. The Balaban J connectivity index is 2.63. The molecule has 1 unspecified atom stereocenters. The molecule has 1 aromatic rings. The minimum absolute atomic E-state index is 0.454. The van der Waals surface area contributed by atoms with Crippen LogP contribution in [0.5, 0.6) is 5.75 Å². The van der Waals surface area contributed by atoms with Crippen LogP contribution in [0.25, 0.3) is 0 Å². The highest BCUT2D eigenvalue weighted by Crippen LogP contribution is 2.25. The maximum absolute atomic E-state index is 10.2. The van der Waals surface area contributed by atoms with E-state index in [1.165, 1.54) is 0 Å². The smallest absolute Gasteiger partial charge is 0.121 e. The van der Waals surface area contributed by atoms with Gasteiger partial charge in [0.1, 0.15) is 5.75 Å². The van der Waals surface area contributed by atoms with Crippen LogP contribution in [0.2, 0.25) is 0 Å². The van der Waals surface area contributed by atoms with Gasteiger partial charge in [0.05, 0.1) is 24.1 Å². The van der Waals surface area contributed by atoms with Gasteiger partial charge in [0.15, 0.2) is 0 Å². The second-order valence-electron chi connectivity index (χ2n) is 5.40. The summed E-state index contributed by atoms with van der Waals surface area (Å²) in [6, 6.07) is 5.47. The first-order chi connectivity index (χ1) is 8.34. The summed E-state index contributed by atoms with van der Waals surface area (Å²) in [5, 5.41) is 13.4. The van der Waals surface area contributed by atoms with Crippen LogP contribution in [-0.2, 0) is 0 Å². The quantitative estimate of drug-likeness (QED) is 0.680. The highest BCUT2D eigenvalue weighted by atomic mass is 16.5. The first-order valence-electron chi connectivity index (χ1n) is 6.24. The van der Waals surface area contributed by atoms with E-state index in [2.05, 4.69) is 19.2 Å². The van der Waals surface area contributed by atoms with Crippen LogP contribution in [0.15, 0.2) is 18.2 Å². The summed E-state index contributed by atoms with van der Waals surface area (Å²) in [4.78, 5) is 0. The molecule has 0 radical (unpaired) electrons. The molecule has 0 heterocycles. The summed E-state index contributed by atoms with van der Waals surface area (Å²) < 4.78 is 5.09. The predicted molar refractivity (Wildman–Crippen MR) is 76.0 cm³/mol. The van der Waals surface area contributed by atoms with E-state index >= 15 is 0 Å². The molecular formula is C14H24N2O2. The molecule has 0 amide bonds. The Hall–Kier alpha value is -1.42. The molecule has 0 aromatic heterocycles. The molecule has 0 aliphatic carbocycles. The zero-order valence-corrected chi connectivity index (χ0v) is 11.7. The Bertz CT molecular complexity index is 389. The molecule has 4 heteroatoms. The van der Waals surface area contributed by atoms with Gasteiger partial charge >= 0.3 is 0 Å². The molecule has 0 fully saturated rings. The van der Waals surface area contributed by atoms with E-state index in [1.54, 1.807) is 13.2 Å². The van der Waals surface area contributed by atoms with Crippen molar-refractivity contribution in [1.29, 1.82) is 0 Å². The SMILES string of the molecule is COc1ccc(NCC(C)(O)CC(C)C)c(N)c1. The minimum atomic E-state index is -0.736. The number of methoxy groups -OCH3 is 1. The zero-order chi connectivity index (χ0) is 13.8. The van der Waals surface area contributed by atoms with Gasteiger partial charge in [-0.3, -0.25) is 0 Å². The summed E-state index contributed by atoms with van der Waals surface area (Å²) in [5.41, 5.74) is 6.61. The minimum Gasteiger partial charge on any atom is -0.497 e. The van der Waals surface area contributed by atoms with E-state index in [4.69, 9.17) is 10.5 Å². The second kappa shape index (κ2) is 5.96. The van der Waals surface area contributed by atoms with Gasteiger partial charge in [-0.1, -0.05) is 13.8 Å². The number of hydrogen-bond donors (Lipinski definition) is 3. The molecule has 0 aliphatic rings. The van der Waals surface area contributed by atoms with E-state index < -0.39 is 5.60 Å². The van der Waals surface area contributed by atoms with Gasteiger partial charge in [0.2, 0.25) is 0 Å². The number of nitrogens with one attached hydrogen (secondary N) is 1. The van der Waals surface area contributed by atoms with E-state index in [1.807, 2.05) is 19.1 Å². The fourth-order valence-electron chi connectivity index (χ4n) is 2.07. The predicted octanol–water partition coefficient (Wildman–Crippen LogP) is 2.49. The highest BCUT2D eigenvalue weighted by Gasteiger charge is 2.21. The third-order valence-electron chi connectivity index (χ3n) is 2.77. The first-order valence-corrected chi connectivity index (χ1v) is 6.24. The van der Waals surface area contributed by atoms with Gasteiger partial charge in [-0.25, -0.2) is 0 Å². The molecule has 0 spiro atoms. The van der Waals surface area contributed by atoms with Gasteiger partial charge in [0.25, 0.3) is 0 Å². The van der Waals surface area contributed by atoms with Crippen LogP contribution in [-0.4, -0.2) is 24.4 Å². The molecule has 4 nitrogen and oxygen atoms in total. The molecule has 4 N–H and O–H groups in total. The molecule has 0 bridgehead atoms. The number of rotatable bonds is 6. The lowest BCUT2D eigenvalue weighted by Gasteiger charge is -2.26. The Morgan fingerprint density at radius 1 is 1.44 bits per heavy atom. The summed E-state index contributed by atoms with van der Waals surface area (Å²) in [6.07, 6.45) is 0.746. The van der Waals surface area contributed by atoms with E-state index in [-0.39, 0.29) is 0 Å². The molecule has 1 aromatic carbocycles. The fourth-order valence-corrected chi connectivity index (χ4v) is 2.07. The van der Waals surface area contributed by atoms with Crippen molar-refractivity contribution in [2.45, 2.75) is 32.8 Å². The lowest BCUT2D eigenvalue weighted by molar-refractivity contribution is 0.0516. The van der Waals surface area contributed by atoms with Crippen molar-refractivity contribution in [2.24, 2.45) is 5.92 Å². The molecule has 18 heavy (non-hydrogen) atoms. The van der Waals surface area contributed by atoms with Gasteiger partial charge in [0, 0.05) is 12.6 Å². The van der Waals surface area contributed by atoms with E-state index in [0.717, 1.165) is 17.9 Å². The van der Waals surface area contributed by atoms with Crippen molar-refractivity contribution in [3.63, 3.8) is 0 Å². The molecular weight excluding hydrogens is 228 g/mol. The van der Waals surface area contributed by atoms with Crippen LogP contribution in [0.1, 0.15) is 27.2 Å². The van der Waals surface area contributed by atoms with Gasteiger partial charge in [-0.15, -0.1) is 0 Å². The number of anilines is 2. The largest absolute Gasteiger partial charge is 0.497 e. The Morgan fingerprint density at radius 3 is 2.61 bits per heavy atom. The van der Waals surface area contributed by atoms with Crippen molar-refractivity contribution in [3.05, 3.63) is 18.2 Å². The molecule has 1 rings (SSSR count). The Labute approximate surface area is 109 Å². The molecule has 0 saturated heterocycles. The number of aliphatic hydroxyl groups is 1. The van der Waals surface area contributed by atoms with Crippen LogP contribution in [0.4, 0.5) is 11.4 Å². The van der Waals surface area contributed by atoms with Crippen LogP contribution < -0.4 is 15.8 Å². The highest BCUT2D eigenvalue weighted by molar-refractivity contribution is 5.68. The summed E-state index contributed by atoms with van der Waals surface area (Å²) in [7, 11) is 1.61. The van der Waals surface area contributed by atoms with Crippen molar-refractivity contribution in [1.82, 2.24) is 0 Å². The lowest BCUT2D eigenvalue weighted by Crippen LogP contribution is -2.35. The van der Waals surface area contributed by atoms with Crippen molar-refractivity contribution >= 4 is 11.4 Å². The van der Waals surface area contributed by atoms with Crippen molar-refractivity contribution < 1.29 is 9.84 Å². The Morgan fingerprint density at radius 2 is 2.11 bits per heavy atom. The monoisotopic (exact) mass is 252 g/mol. The van der Waals surface area contributed by atoms with E-state index in [9.17, 15) is 5.11 Å². The second-order valence-corrected chi connectivity index (χ2v) is 5.40. The van der Waals surface area contributed by atoms with Gasteiger partial charge in [-0.2, -0.15) is 0 Å². The fraction of sp³-hybridized carbons (Fsp3) is 0.571. The summed E-state index contributed by atoms with van der Waals surface area (Å²) >= 11 is 0. The standard InChI is InChI=1S/C14H24N2O2/c1-10(2)8-14(3,17)9-16-13-6-5-11(18-4)7-12(13)15/h5-7,10,16-17H,8-9,15H2,1-4H3. The van der Waals surface area contributed by atoms with Crippen molar-refractivity contribution in [2.75, 3.05) is 24.7 Å². The lowest BCUT2D eigenvalue weighted by atomic mass is 9.94. The maximum atomic E-state index is 10.2. The summed E-state index contributed by atoms with van der Waals surface area (Å²) in [6.45, 7) is 6.49. The molecule has 0 aliphatic heterocycles. The normalized spacial score (nSPS) is 14.3. The average Bonchev–Trinajstić information content (AvgIpc) is 2.25. The summed E-state index contributed by atoms with van der Waals surface area (Å²) in [5.74, 6) is 1.18. The van der Waals surface area contributed by atoms with Crippen LogP contribution in [0, 0.1) is 5.92 Å². The molecule has 102 valence electrons. The number of ether oxygens (including phenoxy) is 1. The topological polar surface area (TPSA) is 67.5 Å². The number of nitrogens with two attached hydrogens (primary N) is 1. The Kier molecular flexibility index (Phi) is 4.84. The number of nitrogen functional groups attached to an aromatic ring is 1. The van der Waals surface area contributed by atoms with Crippen LogP contribution >= 0.6 is 0 Å². The van der Waals surface area contributed by atoms with Gasteiger partial charge < -0.3 is 20.9 Å². The van der Waals surface area contributed by atoms with E-state index in [0.29, 0.717) is 18.2 Å². The zero-order valence-electron chi connectivity index (χ0n) is 11.7. The third-order valence-corrected chi connectivity index (χ3v) is 2.77. The first kappa shape index (κ1) is 14.6. The average molecular weight is 252 g/mol. The van der Waals surface area contributed by atoms with Crippen LogP contribution in [0.3, 0.4) is 0 Å². The van der Waals surface area contributed by atoms with Crippen molar-refractivity contribution in [3.8, 4) is 5.75 Å². The third kappa shape index (κ3) is 4.45. The number of hydrogen-bond acceptors (Lipinski definition) is 4. The molecule has 1 atom stereocenters. The molecule has 0 saturated carbocycles.